The standard InChI is InChI=1S/C25H31N3O4S/c1-17-7-10-21(16-23(17)33(31,32)28-13-5-3-4-6-14-28)27-24(29)19-8-11-20(12-9-19)26-25(30)22-15-18(22)2/h7-12,16,18,22H,3-6,13-15H2,1-2H3,(H,26,30)(H,27,29). The fraction of sp³-hybridized carbons (Fsp3) is 0.440. The molecular weight excluding hydrogens is 438 g/mol. The number of hydrogen-bond donors (Lipinski definition) is 2. The maximum absolute atomic E-state index is 13.2. The molecule has 2 aromatic rings. The highest BCUT2D eigenvalue weighted by atomic mass is 32.2. The van der Waals surface area contributed by atoms with Crippen LogP contribution in [0.1, 0.15) is 54.9 Å². The highest BCUT2D eigenvalue weighted by Gasteiger charge is 2.39. The van der Waals surface area contributed by atoms with Crippen molar-refractivity contribution < 1.29 is 18.0 Å². The second-order valence-corrected chi connectivity index (χ2v) is 11.0. The summed E-state index contributed by atoms with van der Waals surface area (Å²) in [6.45, 7) is 4.88. The van der Waals surface area contributed by atoms with Gasteiger partial charge in [0.15, 0.2) is 0 Å². The second kappa shape index (κ2) is 9.65. The Labute approximate surface area is 195 Å². The molecule has 2 aliphatic rings. The molecule has 1 aliphatic carbocycles. The third kappa shape index (κ3) is 5.45. The van der Waals surface area contributed by atoms with Crippen LogP contribution in [0.15, 0.2) is 47.4 Å². The zero-order valence-corrected chi connectivity index (χ0v) is 20.0. The van der Waals surface area contributed by atoms with Crippen LogP contribution < -0.4 is 10.6 Å². The molecule has 2 N–H and O–H groups in total. The lowest BCUT2D eigenvalue weighted by Crippen LogP contribution is -2.32. The van der Waals surface area contributed by atoms with Gasteiger partial charge >= 0.3 is 0 Å². The van der Waals surface area contributed by atoms with E-state index in [1.54, 1.807) is 53.7 Å². The molecule has 1 saturated carbocycles. The first-order valence-electron chi connectivity index (χ1n) is 11.6. The summed E-state index contributed by atoms with van der Waals surface area (Å²) in [6, 6.07) is 11.7. The number of sulfonamides is 1. The van der Waals surface area contributed by atoms with Crippen molar-refractivity contribution in [1.82, 2.24) is 4.31 Å². The van der Waals surface area contributed by atoms with Crippen LogP contribution in [-0.4, -0.2) is 37.6 Å². The molecule has 2 amide bonds. The minimum absolute atomic E-state index is 0.0116. The molecule has 8 heteroatoms. The summed E-state index contributed by atoms with van der Waals surface area (Å²) >= 11 is 0. The molecule has 0 radical (unpaired) electrons. The van der Waals surface area contributed by atoms with Crippen LogP contribution in [0.2, 0.25) is 0 Å². The van der Waals surface area contributed by atoms with Crippen molar-refractivity contribution in [2.75, 3.05) is 23.7 Å². The zero-order chi connectivity index (χ0) is 23.6. The normalized spacial score (nSPS) is 21.2. The molecule has 4 rings (SSSR count). The van der Waals surface area contributed by atoms with E-state index in [1.807, 2.05) is 6.92 Å². The maximum Gasteiger partial charge on any atom is 0.255 e. The Bertz CT molecular complexity index is 1140. The van der Waals surface area contributed by atoms with Gasteiger partial charge in [0, 0.05) is 35.9 Å². The Morgan fingerprint density at radius 2 is 1.52 bits per heavy atom. The van der Waals surface area contributed by atoms with E-state index >= 15 is 0 Å². The minimum Gasteiger partial charge on any atom is -0.326 e. The van der Waals surface area contributed by atoms with E-state index in [-0.39, 0.29) is 22.6 Å². The van der Waals surface area contributed by atoms with Gasteiger partial charge in [-0.05, 0) is 74.1 Å². The monoisotopic (exact) mass is 469 g/mol. The van der Waals surface area contributed by atoms with Crippen LogP contribution >= 0.6 is 0 Å². The third-order valence-corrected chi connectivity index (χ3v) is 8.53. The maximum atomic E-state index is 13.2. The summed E-state index contributed by atoms with van der Waals surface area (Å²) in [4.78, 5) is 25.1. The Hall–Kier alpha value is -2.71. The largest absolute Gasteiger partial charge is 0.326 e. The molecule has 2 unspecified atom stereocenters. The van der Waals surface area contributed by atoms with E-state index in [1.165, 1.54) is 0 Å². The first-order chi connectivity index (χ1) is 15.8. The van der Waals surface area contributed by atoms with Gasteiger partial charge in [0.05, 0.1) is 4.90 Å². The molecule has 1 aliphatic heterocycles. The highest BCUT2D eigenvalue weighted by molar-refractivity contribution is 7.89. The van der Waals surface area contributed by atoms with Crippen LogP contribution in [-0.2, 0) is 14.8 Å². The lowest BCUT2D eigenvalue weighted by atomic mass is 10.1. The van der Waals surface area contributed by atoms with Crippen LogP contribution in [0.25, 0.3) is 0 Å². The molecule has 1 heterocycles. The molecule has 0 spiro atoms. The fourth-order valence-electron chi connectivity index (χ4n) is 4.21. The predicted molar refractivity (Wildman–Crippen MR) is 129 cm³/mol. The van der Waals surface area contributed by atoms with Gasteiger partial charge in [0.2, 0.25) is 15.9 Å². The van der Waals surface area contributed by atoms with Gasteiger partial charge in [-0.3, -0.25) is 9.59 Å². The molecule has 176 valence electrons. The van der Waals surface area contributed by atoms with Crippen molar-refractivity contribution in [3.63, 3.8) is 0 Å². The Balaban J connectivity index is 1.45. The van der Waals surface area contributed by atoms with Crippen LogP contribution in [0, 0.1) is 18.8 Å². The zero-order valence-electron chi connectivity index (χ0n) is 19.1. The number of carbonyl (C=O) groups is 2. The quantitative estimate of drug-likeness (QED) is 0.655. The lowest BCUT2D eigenvalue weighted by molar-refractivity contribution is -0.117. The average molecular weight is 470 g/mol. The van der Waals surface area contributed by atoms with Crippen LogP contribution in [0.3, 0.4) is 0 Å². The summed E-state index contributed by atoms with van der Waals surface area (Å²) in [5.41, 5.74) is 2.16. The van der Waals surface area contributed by atoms with Gasteiger partial charge in [-0.25, -0.2) is 8.42 Å². The van der Waals surface area contributed by atoms with E-state index in [0.717, 1.165) is 32.1 Å². The highest BCUT2D eigenvalue weighted by Crippen LogP contribution is 2.38. The van der Waals surface area contributed by atoms with Gasteiger partial charge in [-0.1, -0.05) is 25.8 Å². The topological polar surface area (TPSA) is 95.6 Å². The van der Waals surface area contributed by atoms with E-state index in [4.69, 9.17) is 0 Å². The molecule has 0 aromatic heterocycles. The Morgan fingerprint density at radius 1 is 0.909 bits per heavy atom. The van der Waals surface area contributed by atoms with Crippen molar-refractivity contribution in [1.29, 1.82) is 0 Å². The lowest BCUT2D eigenvalue weighted by Gasteiger charge is -2.21. The first-order valence-corrected chi connectivity index (χ1v) is 13.0. The third-order valence-electron chi connectivity index (χ3n) is 6.49. The number of rotatable bonds is 6. The summed E-state index contributed by atoms with van der Waals surface area (Å²) < 4.78 is 28.1. The SMILES string of the molecule is Cc1ccc(NC(=O)c2ccc(NC(=O)C3CC3C)cc2)cc1S(=O)(=O)N1CCCCCC1. The number of aryl methyl sites for hydroxylation is 1. The van der Waals surface area contributed by atoms with Crippen molar-refractivity contribution in [3.8, 4) is 0 Å². The molecule has 2 fully saturated rings. The molecule has 1 saturated heterocycles. The molecule has 2 aromatic carbocycles. The molecule has 2 atom stereocenters. The summed E-state index contributed by atoms with van der Waals surface area (Å²) in [5.74, 6) is 0.176. The van der Waals surface area contributed by atoms with Gasteiger partial charge in [0.1, 0.15) is 0 Å². The minimum atomic E-state index is -3.62. The number of nitrogens with zero attached hydrogens (tertiary/aromatic N) is 1. The van der Waals surface area contributed by atoms with Gasteiger partial charge < -0.3 is 10.6 Å². The summed E-state index contributed by atoms with van der Waals surface area (Å²) in [7, 11) is -3.62. The first kappa shape index (κ1) is 23.4. The van der Waals surface area contributed by atoms with Gasteiger partial charge in [-0.15, -0.1) is 0 Å². The van der Waals surface area contributed by atoms with Gasteiger partial charge in [-0.2, -0.15) is 4.31 Å². The molecule has 33 heavy (non-hydrogen) atoms. The Morgan fingerprint density at radius 3 is 2.12 bits per heavy atom. The number of benzene rings is 2. The molecule has 0 bridgehead atoms. The fourth-order valence-corrected chi connectivity index (χ4v) is 5.98. The van der Waals surface area contributed by atoms with Crippen molar-refractivity contribution >= 4 is 33.2 Å². The van der Waals surface area contributed by atoms with E-state index < -0.39 is 10.0 Å². The molecule has 7 nitrogen and oxygen atoms in total. The summed E-state index contributed by atoms with van der Waals surface area (Å²) in [6.07, 6.45) is 4.74. The number of hydrogen-bond acceptors (Lipinski definition) is 4. The van der Waals surface area contributed by atoms with Crippen molar-refractivity contribution in [3.05, 3.63) is 53.6 Å². The number of amides is 2. The molecular formula is C25H31N3O4S. The van der Waals surface area contributed by atoms with E-state index in [0.29, 0.717) is 41.5 Å². The number of carbonyl (C=O) groups excluding carboxylic acids is 2. The smallest absolute Gasteiger partial charge is 0.255 e. The summed E-state index contributed by atoms with van der Waals surface area (Å²) in [5, 5.41) is 5.67. The van der Waals surface area contributed by atoms with Gasteiger partial charge in [0.25, 0.3) is 5.91 Å². The Kier molecular flexibility index (Phi) is 6.86. The van der Waals surface area contributed by atoms with Crippen LogP contribution in [0.5, 0.6) is 0 Å². The second-order valence-electron chi connectivity index (χ2n) is 9.14. The number of nitrogens with one attached hydrogen (secondary N) is 2. The predicted octanol–water partition coefficient (Wildman–Crippen LogP) is 4.41. The van der Waals surface area contributed by atoms with E-state index in [2.05, 4.69) is 10.6 Å². The van der Waals surface area contributed by atoms with E-state index in [9.17, 15) is 18.0 Å². The van der Waals surface area contributed by atoms with Crippen molar-refractivity contribution in [2.24, 2.45) is 11.8 Å². The van der Waals surface area contributed by atoms with Crippen molar-refractivity contribution in [2.45, 2.75) is 50.8 Å². The number of anilines is 2. The average Bonchev–Trinajstić information content (AvgIpc) is 3.57. The van der Waals surface area contributed by atoms with Crippen LogP contribution in [0.4, 0.5) is 11.4 Å².